The third-order valence-corrected chi connectivity index (χ3v) is 3.84. The minimum Gasteiger partial charge on any atom is -0.492 e. The molecule has 0 aromatic heterocycles. The Bertz CT molecular complexity index is 792. The first-order chi connectivity index (χ1) is 11.9. The molecule has 0 radical (unpaired) electrons. The van der Waals surface area contributed by atoms with E-state index in [1.807, 2.05) is 0 Å². The van der Waals surface area contributed by atoms with Gasteiger partial charge in [0, 0.05) is 16.5 Å². The topological polar surface area (TPSA) is 72.8 Å². The van der Waals surface area contributed by atoms with Crippen LogP contribution in [0.25, 0.3) is 0 Å². The molecular weight excluding hydrogens is 391 g/mol. The average Bonchev–Trinajstić information content (AvgIpc) is 2.54. The maximum absolute atomic E-state index is 11.8. The van der Waals surface area contributed by atoms with Gasteiger partial charge in [0.15, 0.2) is 0 Å². The Balaban J connectivity index is 1.84. The average molecular weight is 404 g/mol. The largest absolute Gasteiger partial charge is 0.492 e. The molecule has 0 spiro atoms. The molecule has 0 fully saturated rings. The van der Waals surface area contributed by atoms with Crippen LogP contribution < -0.4 is 9.47 Å². The van der Waals surface area contributed by atoms with E-state index in [-0.39, 0.29) is 29.4 Å². The minimum absolute atomic E-state index is 0.0485. The lowest BCUT2D eigenvalue weighted by Crippen LogP contribution is -2.12. The van der Waals surface area contributed by atoms with Crippen LogP contribution in [0, 0.1) is 0 Å². The van der Waals surface area contributed by atoms with E-state index in [2.05, 4.69) is 0 Å². The summed E-state index contributed by atoms with van der Waals surface area (Å²) in [5.74, 6) is -1.39. The van der Waals surface area contributed by atoms with Gasteiger partial charge in [0.25, 0.3) is 0 Å². The predicted octanol–water partition coefficient (Wildman–Crippen LogP) is 5.11. The molecule has 5 nitrogen and oxygen atoms in total. The maximum Gasteiger partial charge on any atom is 0.339 e. The molecular formula is C17H13Cl3O5. The summed E-state index contributed by atoms with van der Waals surface area (Å²) in [6.07, 6.45) is 0.417. The Morgan fingerprint density at radius 2 is 1.60 bits per heavy atom. The number of carboxylic acid groups (broad SMARTS) is 1. The van der Waals surface area contributed by atoms with Crippen molar-refractivity contribution >= 4 is 46.7 Å². The van der Waals surface area contributed by atoms with Crippen LogP contribution in [-0.2, 0) is 4.79 Å². The summed E-state index contributed by atoms with van der Waals surface area (Å²) in [4.78, 5) is 23.0. The molecule has 0 bridgehead atoms. The molecule has 2 aromatic carbocycles. The molecule has 0 aliphatic rings. The van der Waals surface area contributed by atoms with Crippen LogP contribution in [0.15, 0.2) is 36.4 Å². The molecule has 0 saturated heterocycles. The van der Waals surface area contributed by atoms with Crippen molar-refractivity contribution in [1.82, 2.24) is 0 Å². The number of rotatable bonds is 7. The number of carbonyl (C=O) groups excluding carboxylic acids is 1. The summed E-state index contributed by atoms with van der Waals surface area (Å²) in [6.45, 7) is 0.239. The Hall–Kier alpha value is -1.95. The summed E-state index contributed by atoms with van der Waals surface area (Å²) in [7, 11) is 0. The Morgan fingerprint density at radius 3 is 2.24 bits per heavy atom. The van der Waals surface area contributed by atoms with E-state index in [4.69, 9.17) is 49.4 Å². The molecule has 0 atom stereocenters. The fourth-order valence-corrected chi connectivity index (χ4v) is 2.56. The van der Waals surface area contributed by atoms with Crippen molar-refractivity contribution < 1.29 is 24.2 Å². The smallest absolute Gasteiger partial charge is 0.339 e. The third-order valence-electron chi connectivity index (χ3n) is 3.07. The van der Waals surface area contributed by atoms with Crippen LogP contribution in [0.5, 0.6) is 11.5 Å². The second kappa shape index (κ2) is 8.94. The number of aromatic carboxylic acids is 1. The van der Waals surface area contributed by atoms with E-state index in [9.17, 15) is 9.59 Å². The maximum atomic E-state index is 11.8. The van der Waals surface area contributed by atoms with Gasteiger partial charge in [-0.1, -0.05) is 34.8 Å². The first-order valence-electron chi connectivity index (χ1n) is 7.18. The summed E-state index contributed by atoms with van der Waals surface area (Å²) in [6, 6.07) is 8.84. The van der Waals surface area contributed by atoms with Gasteiger partial charge < -0.3 is 14.6 Å². The fourth-order valence-electron chi connectivity index (χ4n) is 1.92. The van der Waals surface area contributed by atoms with Crippen molar-refractivity contribution in [3.8, 4) is 11.5 Å². The van der Waals surface area contributed by atoms with Crippen molar-refractivity contribution in [2.75, 3.05) is 6.61 Å². The fraction of sp³-hybridized carbons (Fsp3) is 0.176. The molecule has 0 heterocycles. The summed E-state index contributed by atoms with van der Waals surface area (Å²) in [5.41, 5.74) is -0.176. The SMILES string of the molecule is O=C(CCCOc1ccc(Cl)cc1Cl)Oc1ccc(Cl)cc1C(=O)O. The second-order valence-electron chi connectivity index (χ2n) is 4.95. The van der Waals surface area contributed by atoms with Gasteiger partial charge in [-0.2, -0.15) is 0 Å². The number of carbonyl (C=O) groups is 2. The third kappa shape index (κ3) is 5.81. The number of esters is 1. The van der Waals surface area contributed by atoms with Gasteiger partial charge in [-0.15, -0.1) is 0 Å². The summed E-state index contributed by atoms with van der Waals surface area (Å²) >= 11 is 17.5. The van der Waals surface area contributed by atoms with Gasteiger partial charge in [0.2, 0.25) is 0 Å². The van der Waals surface area contributed by atoms with Gasteiger partial charge >= 0.3 is 11.9 Å². The highest BCUT2D eigenvalue weighted by molar-refractivity contribution is 6.35. The quantitative estimate of drug-likeness (QED) is 0.395. The van der Waals surface area contributed by atoms with Crippen LogP contribution >= 0.6 is 34.8 Å². The monoisotopic (exact) mass is 402 g/mol. The zero-order chi connectivity index (χ0) is 18.4. The molecule has 25 heavy (non-hydrogen) atoms. The molecule has 0 aliphatic carbocycles. The van der Waals surface area contributed by atoms with E-state index >= 15 is 0 Å². The number of carboxylic acids is 1. The number of hydrogen-bond donors (Lipinski definition) is 1. The second-order valence-corrected chi connectivity index (χ2v) is 6.23. The zero-order valence-electron chi connectivity index (χ0n) is 12.8. The van der Waals surface area contributed by atoms with E-state index in [1.165, 1.54) is 18.2 Å². The summed E-state index contributed by atoms with van der Waals surface area (Å²) < 4.78 is 10.5. The van der Waals surface area contributed by atoms with Crippen molar-refractivity contribution in [2.24, 2.45) is 0 Å². The lowest BCUT2D eigenvalue weighted by molar-refractivity contribution is -0.134. The van der Waals surface area contributed by atoms with Gasteiger partial charge in [-0.25, -0.2) is 4.79 Å². The standard InChI is InChI=1S/C17H13Cl3O5/c18-10-3-5-14(12(8-10)17(22)23)25-16(21)2-1-7-24-15-6-4-11(19)9-13(15)20/h3-6,8-9H,1-2,7H2,(H,22,23). The van der Waals surface area contributed by atoms with Crippen LogP contribution in [-0.4, -0.2) is 23.7 Å². The molecule has 0 unspecified atom stereocenters. The number of benzene rings is 2. The predicted molar refractivity (Wildman–Crippen MR) is 95.2 cm³/mol. The number of halogens is 3. The number of hydrogen-bond acceptors (Lipinski definition) is 4. The van der Waals surface area contributed by atoms with E-state index in [0.29, 0.717) is 22.2 Å². The van der Waals surface area contributed by atoms with Crippen LogP contribution in [0.4, 0.5) is 0 Å². The normalized spacial score (nSPS) is 10.4. The first-order valence-corrected chi connectivity index (χ1v) is 8.31. The van der Waals surface area contributed by atoms with Gasteiger partial charge in [-0.05, 0) is 42.8 Å². The molecule has 8 heteroatoms. The number of ether oxygens (including phenoxy) is 2. The van der Waals surface area contributed by atoms with Gasteiger partial charge in [-0.3, -0.25) is 4.79 Å². The highest BCUT2D eigenvalue weighted by Crippen LogP contribution is 2.27. The molecule has 132 valence electrons. The molecule has 2 aromatic rings. The first kappa shape index (κ1) is 19.4. The van der Waals surface area contributed by atoms with Crippen molar-refractivity contribution in [3.63, 3.8) is 0 Å². The molecule has 0 saturated carbocycles. The van der Waals surface area contributed by atoms with Crippen LogP contribution in [0.3, 0.4) is 0 Å². The van der Waals surface area contributed by atoms with Gasteiger partial charge in [0.1, 0.15) is 17.1 Å². The Labute approximate surface area is 159 Å². The Kier molecular flexibility index (Phi) is 6.93. The van der Waals surface area contributed by atoms with Crippen LogP contribution in [0.1, 0.15) is 23.2 Å². The summed E-state index contributed by atoms with van der Waals surface area (Å²) in [5, 5.41) is 10.2. The van der Waals surface area contributed by atoms with E-state index < -0.39 is 11.9 Å². The van der Waals surface area contributed by atoms with Crippen molar-refractivity contribution in [2.45, 2.75) is 12.8 Å². The van der Waals surface area contributed by atoms with E-state index in [1.54, 1.807) is 18.2 Å². The molecule has 1 N–H and O–H groups in total. The molecule has 0 aliphatic heterocycles. The van der Waals surface area contributed by atoms with Gasteiger partial charge in [0.05, 0.1) is 11.6 Å². The lowest BCUT2D eigenvalue weighted by atomic mass is 10.2. The minimum atomic E-state index is -1.23. The van der Waals surface area contributed by atoms with Crippen molar-refractivity contribution in [1.29, 1.82) is 0 Å². The van der Waals surface area contributed by atoms with Crippen molar-refractivity contribution in [3.05, 3.63) is 57.0 Å². The lowest BCUT2D eigenvalue weighted by Gasteiger charge is -2.09. The highest BCUT2D eigenvalue weighted by atomic mass is 35.5. The van der Waals surface area contributed by atoms with E-state index in [0.717, 1.165) is 0 Å². The molecule has 2 rings (SSSR count). The zero-order valence-corrected chi connectivity index (χ0v) is 15.1. The Morgan fingerprint density at radius 1 is 0.960 bits per heavy atom. The molecule has 0 amide bonds. The highest BCUT2D eigenvalue weighted by Gasteiger charge is 2.15. The van der Waals surface area contributed by atoms with Crippen LogP contribution in [0.2, 0.25) is 15.1 Å².